The van der Waals surface area contributed by atoms with Crippen LogP contribution in [-0.4, -0.2) is 22.6 Å². The van der Waals surface area contributed by atoms with Gasteiger partial charge in [-0.05, 0) is 25.1 Å². The maximum atomic E-state index is 11.2. The van der Waals surface area contributed by atoms with Crippen molar-refractivity contribution in [3.05, 3.63) is 23.8 Å². The first-order chi connectivity index (χ1) is 7.04. The predicted octanol–water partition coefficient (Wildman–Crippen LogP) is 1.82. The Bertz CT molecular complexity index is 416. The number of amidine groups is 1. The zero-order chi connectivity index (χ0) is 11.4. The molecule has 3 N–H and O–H groups in total. The smallest absolute Gasteiger partial charge is 0.162 e. The van der Waals surface area contributed by atoms with Crippen molar-refractivity contribution in [3.8, 4) is 5.75 Å². The number of hydrogen-bond donors (Lipinski definition) is 2. The first kappa shape index (κ1) is 11.5. The highest BCUT2D eigenvalue weighted by Gasteiger charge is 2.07. The van der Waals surface area contributed by atoms with Crippen LogP contribution < -0.4 is 5.73 Å². The fourth-order valence-corrected chi connectivity index (χ4v) is 1.15. The standard InChI is InChI=1S/C10H11ClN2O2/c1-6(14)8-4-7(15)2-3-9(8)13-10(12)5-11/h2-4,15H,5H2,1H3,(H2,12,13). The molecule has 80 valence electrons. The van der Waals surface area contributed by atoms with Crippen LogP contribution in [0.1, 0.15) is 17.3 Å². The van der Waals surface area contributed by atoms with E-state index in [1.807, 2.05) is 0 Å². The lowest BCUT2D eigenvalue weighted by Crippen LogP contribution is -2.12. The molecule has 5 heteroatoms. The Labute approximate surface area is 92.4 Å². The molecule has 1 rings (SSSR count). The third-order valence-electron chi connectivity index (χ3n) is 1.76. The van der Waals surface area contributed by atoms with Gasteiger partial charge in [-0.3, -0.25) is 4.79 Å². The van der Waals surface area contributed by atoms with Crippen LogP contribution in [0, 0.1) is 0 Å². The number of rotatable bonds is 3. The van der Waals surface area contributed by atoms with Crippen LogP contribution in [0.3, 0.4) is 0 Å². The summed E-state index contributed by atoms with van der Waals surface area (Å²) >= 11 is 5.47. The minimum Gasteiger partial charge on any atom is -0.508 e. The second kappa shape index (κ2) is 4.79. The second-order valence-corrected chi connectivity index (χ2v) is 3.26. The monoisotopic (exact) mass is 226 g/mol. The molecule has 1 aromatic carbocycles. The number of nitrogens with two attached hydrogens (primary N) is 1. The van der Waals surface area contributed by atoms with Crippen molar-refractivity contribution in [2.75, 3.05) is 5.88 Å². The van der Waals surface area contributed by atoms with Gasteiger partial charge in [0.25, 0.3) is 0 Å². The number of phenolic OH excluding ortho intramolecular Hbond substituents is 1. The molecular weight excluding hydrogens is 216 g/mol. The lowest BCUT2D eigenvalue weighted by atomic mass is 10.1. The molecule has 0 saturated carbocycles. The molecule has 0 heterocycles. The summed E-state index contributed by atoms with van der Waals surface area (Å²) < 4.78 is 0. The number of hydrogen-bond acceptors (Lipinski definition) is 3. The topological polar surface area (TPSA) is 75.7 Å². The van der Waals surface area contributed by atoms with Crippen LogP contribution in [0.15, 0.2) is 23.2 Å². The van der Waals surface area contributed by atoms with Crippen LogP contribution >= 0.6 is 11.6 Å². The number of ketones is 1. The van der Waals surface area contributed by atoms with Crippen molar-refractivity contribution in [1.82, 2.24) is 0 Å². The Balaban J connectivity index is 3.23. The number of aromatic hydroxyl groups is 1. The van der Waals surface area contributed by atoms with E-state index >= 15 is 0 Å². The van der Waals surface area contributed by atoms with E-state index in [0.29, 0.717) is 11.3 Å². The second-order valence-electron chi connectivity index (χ2n) is 2.99. The molecule has 0 saturated heterocycles. The lowest BCUT2D eigenvalue weighted by Gasteiger charge is -2.03. The van der Waals surface area contributed by atoms with Gasteiger partial charge >= 0.3 is 0 Å². The predicted molar refractivity (Wildman–Crippen MR) is 60.1 cm³/mol. The summed E-state index contributed by atoms with van der Waals surface area (Å²) in [6.07, 6.45) is 0. The van der Waals surface area contributed by atoms with Gasteiger partial charge < -0.3 is 10.8 Å². The van der Waals surface area contributed by atoms with E-state index in [0.717, 1.165) is 0 Å². The highest BCUT2D eigenvalue weighted by molar-refractivity contribution is 6.28. The van der Waals surface area contributed by atoms with Gasteiger partial charge in [-0.1, -0.05) is 0 Å². The summed E-state index contributed by atoms with van der Waals surface area (Å²) in [5, 5.41) is 9.22. The van der Waals surface area contributed by atoms with Gasteiger partial charge in [0.2, 0.25) is 0 Å². The van der Waals surface area contributed by atoms with Gasteiger partial charge in [0, 0.05) is 5.56 Å². The Morgan fingerprint density at radius 1 is 1.60 bits per heavy atom. The number of halogens is 1. The molecule has 0 spiro atoms. The zero-order valence-corrected chi connectivity index (χ0v) is 8.95. The van der Waals surface area contributed by atoms with Gasteiger partial charge in [-0.15, -0.1) is 11.6 Å². The summed E-state index contributed by atoms with van der Waals surface area (Å²) in [6.45, 7) is 1.39. The molecule has 0 aliphatic rings. The molecule has 1 aromatic rings. The molecule has 0 aliphatic heterocycles. The third kappa shape index (κ3) is 2.95. The van der Waals surface area contributed by atoms with Crippen LogP contribution in [0.25, 0.3) is 0 Å². The number of alkyl halides is 1. The zero-order valence-electron chi connectivity index (χ0n) is 8.20. The Kier molecular flexibility index (Phi) is 3.68. The van der Waals surface area contributed by atoms with Gasteiger partial charge in [0.1, 0.15) is 11.6 Å². The summed E-state index contributed by atoms with van der Waals surface area (Å²) in [6, 6.07) is 4.31. The van der Waals surface area contributed by atoms with Crippen LogP contribution in [-0.2, 0) is 0 Å². The fourth-order valence-electron chi connectivity index (χ4n) is 1.09. The van der Waals surface area contributed by atoms with Crippen LogP contribution in [0.4, 0.5) is 5.69 Å². The van der Waals surface area contributed by atoms with Gasteiger partial charge in [-0.25, -0.2) is 4.99 Å². The van der Waals surface area contributed by atoms with E-state index in [9.17, 15) is 9.90 Å². The molecule has 0 fully saturated rings. The van der Waals surface area contributed by atoms with Crippen molar-refractivity contribution in [1.29, 1.82) is 0 Å². The van der Waals surface area contributed by atoms with E-state index in [2.05, 4.69) is 4.99 Å². The van der Waals surface area contributed by atoms with Crippen molar-refractivity contribution in [2.24, 2.45) is 10.7 Å². The number of carbonyl (C=O) groups is 1. The number of Topliss-reactive ketones (excluding diaryl/α,β-unsaturated/α-hetero) is 1. The quantitative estimate of drug-likeness (QED) is 0.357. The molecule has 0 aliphatic carbocycles. The molecule has 4 nitrogen and oxygen atoms in total. The number of carbonyl (C=O) groups excluding carboxylic acids is 1. The Hall–Kier alpha value is -1.55. The number of nitrogens with zero attached hydrogens (tertiary/aromatic N) is 1. The number of phenols is 1. The number of benzene rings is 1. The fraction of sp³-hybridized carbons (Fsp3) is 0.200. The average molecular weight is 227 g/mol. The first-order valence-electron chi connectivity index (χ1n) is 4.27. The van der Waals surface area contributed by atoms with E-state index in [1.54, 1.807) is 0 Å². The van der Waals surface area contributed by atoms with Gasteiger partial charge in [0.15, 0.2) is 5.78 Å². The summed E-state index contributed by atoms with van der Waals surface area (Å²) in [4.78, 5) is 15.2. The Morgan fingerprint density at radius 2 is 2.27 bits per heavy atom. The number of aliphatic imine (C=N–C) groups is 1. The maximum Gasteiger partial charge on any atom is 0.162 e. The average Bonchev–Trinajstić information content (AvgIpc) is 2.20. The van der Waals surface area contributed by atoms with E-state index < -0.39 is 0 Å². The molecular formula is C10H11ClN2O2. The summed E-state index contributed by atoms with van der Waals surface area (Å²) in [7, 11) is 0. The SMILES string of the molecule is CC(=O)c1cc(O)ccc1N=C(N)CCl. The minimum absolute atomic E-state index is 0.0172. The normalized spacial score (nSPS) is 11.5. The van der Waals surface area contributed by atoms with Crippen molar-refractivity contribution in [2.45, 2.75) is 6.92 Å². The van der Waals surface area contributed by atoms with Crippen molar-refractivity contribution in [3.63, 3.8) is 0 Å². The molecule has 0 unspecified atom stereocenters. The summed E-state index contributed by atoms with van der Waals surface area (Å²) in [5.74, 6) is 0.151. The van der Waals surface area contributed by atoms with E-state index in [1.165, 1.54) is 25.1 Å². The van der Waals surface area contributed by atoms with E-state index in [4.69, 9.17) is 17.3 Å². The van der Waals surface area contributed by atoms with E-state index in [-0.39, 0.29) is 23.2 Å². The summed E-state index contributed by atoms with van der Waals surface area (Å²) in [5.41, 5.74) is 6.19. The third-order valence-corrected chi connectivity index (χ3v) is 2.03. The lowest BCUT2D eigenvalue weighted by molar-refractivity contribution is 0.101. The van der Waals surface area contributed by atoms with Crippen molar-refractivity contribution >= 4 is 28.9 Å². The van der Waals surface area contributed by atoms with Crippen LogP contribution in [0.2, 0.25) is 0 Å². The molecule has 0 amide bonds. The first-order valence-corrected chi connectivity index (χ1v) is 4.81. The largest absolute Gasteiger partial charge is 0.508 e. The minimum atomic E-state index is -0.188. The van der Waals surface area contributed by atoms with Gasteiger partial charge in [-0.2, -0.15) is 0 Å². The highest BCUT2D eigenvalue weighted by atomic mass is 35.5. The maximum absolute atomic E-state index is 11.2. The van der Waals surface area contributed by atoms with Crippen molar-refractivity contribution < 1.29 is 9.90 Å². The molecule has 0 radical (unpaired) electrons. The van der Waals surface area contributed by atoms with Crippen LogP contribution in [0.5, 0.6) is 5.75 Å². The molecule has 0 bridgehead atoms. The molecule has 0 atom stereocenters. The molecule has 0 aromatic heterocycles. The van der Waals surface area contributed by atoms with Gasteiger partial charge in [0.05, 0.1) is 11.6 Å². The molecule has 15 heavy (non-hydrogen) atoms. The Morgan fingerprint density at radius 3 is 2.80 bits per heavy atom. The highest BCUT2D eigenvalue weighted by Crippen LogP contribution is 2.24.